The van der Waals surface area contributed by atoms with E-state index in [9.17, 15) is 19.0 Å². The Kier molecular flexibility index (Phi) is 55.0. The zero-order chi connectivity index (χ0) is 57.9. The van der Waals surface area contributed by atoms with Crippen LogP contribution in [0.5, 0.6) is 0 Å². The molecule has 0 aromatic rings. The summed E-state index contributed by atoms with van der Waals surface area (Å²) in [6.07, 6.45) is 80.3. The number of rotatable bonds is 56. The fraction of sp³-hybridized carbons (Fsp3) is 0.681. The van der Waals surface area contributed by atoms with Crippen LogP contribution in [-0.4, -0.2) is 69.4 Å². The molecule has 0 saturated heterocycles. The van der Waals surface area contributed by atoms with E-state index in [1.807, 2.05) is 33.3 Å². The van der Waals surface area contributed by atoms with E-state index in [2.05, 4.69) is 135 Å². The lowest BCUT2D eigenvalue weighted by molar-refractivity contribution is -0.870. The highest BCUT2D eigenvalue weighted by Gasteiger charge is 2.27. The van der Waals surface area contributed by atoms with Crippen LogP contribution in [-0.2, 0) is 27.9 Å². The molecule has 3 atom stereocenters. The first-order chi connectivity index (χ1) is 38.4. The minimum absolute atomic E-state index is 0.0359. The Bertz CT molecular complexity index is 1770. The average Bonchev–Trinajstić information content (AvgIpc) is 3.41. The molecule has 0 aliphatic rings. The second-order valence-corrected chi connectivity index (χ2v) is 23.6. The number of phosphoric ester groups is 1. The van der Waals surface area contributed by atoms with E-state index >= 15 is 0 Å². The van der Waals surface area contributed by atoms with Gasteiger partial charge in [-0.1, -0.05) is 245 Å². The molecule has 1 N–H and O–H groups in total. The largest absolute Gasteiger partial charge is 0.756 e. The highest BCUT2D eigenvalue weighted by atomic mass is 31.2. The van der Waals surface area contributed by atoms with Gasteiger partial charge in [-0.15, -0.1) is 0 Å². The number of hydrogen-bond acceptors (Lipinski definition) is 7. The molecule has 0 bridgehead atoms. The summed E-state index contributed by atoms with van der Waals surface area (Å²) in [7, 11) is 1.14. The van der Waals surface area contributed by atoms with Crippen LogP contribution in [0, 0.1) is 0 Å². The van der Waals surface area contributed by atoms with Crippen molar-refractivity contribution in [2.45, 2.75) is 264 Å². The molecule has 0 aliphatic carbocycles. The molecule has 0 spiro atoms. The van der Waals surface area contributed by atoms with E-state index in [4.69, 9.17) is 13.8 Å². The van der Waals surface area contributed by atoms with Crippen LogP contribution >= 0.6 is 7.82 Å². The van der Waals surface area contributed by atoms with Gasteiger partial charge in [0, 0.05) is 12.8 Å². The van der Waals surface area contributed by atoms with Crippen molar-refractivity contribution in [3.8, 4) is 0 Å². The normalized spacial score (nSPS) is 14.5. The number of unbranched alkanes of at least 4 members (excludes halogenated alkanes) is 22. The number of allylic oxidation sites excluding steroid dienone is 19. The Morgan fingerprint density at radius 2 is 0.810 bits per heavy atom. The van der Waals surface area contributed by atoms with Gasteiger partial charge in [-0.25, -0.2) is 0 Å². The second-order valence-electron chi connectivity index (χ2n) is 22.1. The van der Waals surface area contributed by atoms with Crippen molar-refractivity contribution in [1.29, 1.82) is 0 Å². The van der Waals surface area contributed by atoms with Crippen LogP contribution in [0.2, 0.25) is 0 Å². The monoisotopic (exact) mass is 1120 g/mol. The molecule has 10 heteroatoms. The quantitative estimate of drug-likeness (QED) is 0.0212. The Morgan fingerprint density at radius 1 is 0.456 bits per heavy atom. The van der Waals surface area contributed by atoms with Gasteiger partial charge < -0.3 is 28.5 Å². The van der Waals surface area contributed by atoms with Gasteiger partial charge in [0.2, 0.25) is 5.91 Å². The molecule has 0 heterocycles. The number of hydrogen-bond donors (Lipinski definition) is 1. The van der Waals surface area contributed by atoms with Gasteiger partial charge in [0.25, 0.3) is 7.82 Å². The highest BCUT2D eigenvalue weighted by molar-refractivity contribution is 7.45. The number of ether oxygens (including phenoxy) is 1. The molecule has 0 aliphatic heterocycles. The second kappa shape index (κ2) is 57.6. The Balaban J connectivity index is 5.22. The highest BCUT2D eigenvalue weighted by Crippen LogP contribution is 2.38. The van der Waals surface area contributed by atoms with Gasteiger partial charge in [0.15, 0.2) is 0 Å². The molecule has 0 rings (SSSR count). The number of likely N-dealkylation sites (N-methyl/N-ethyl adjacent to an activating group) is 1. The van der Waals surface area contributed by atoms with Crippen molar-refractivity contribution in [2.75, 3.05) is 40.9 Å². The van der Waals surface area contributed by atoms with Gasteiger partial charge in [-0.3, -0.25) is 14.2 Å². The number of phosphoric acid groups is 1. The predicted molar refractivity (Wildman–Crippen MR) is 339 cm³/mol. The number of nitrogens with zero attached hydrogens (tertiary/aromatic N) is 1. The third kappa shape index (κ3) is 58.9. The van der Waals surface area contributed by atoms with E-state index in [-0.39, 0.29) is 31.3 Å². The summed E-state index contributed by atoms with van der Waals surface area (Å²) in [6, 6.07) is -0.916. The molecule has 0 aromatic carbocycles. The number of esters is 1. The van der Waals surface area contributed by atoms with E-state index in [1.54, 1.807) is 0 Å². The molecule has 0 fully saturated rings. The van der Waals surface area contributed by atoms with Crippen molar-refractivity contribution in [3.05, 3.63) is 122 Å². The van der Waals surface area contributed by atoms with Gasteiger partial charge in [0.1, 0.15) is 19.3 Å². The van der Waals surface area contributed by atoms with Crippen LogP contribution in [0.3, 0.4) is 0 Å². The molecule has 452 valence electrons. The van der Waals surface area contributed by atoms with E-state index in [0.717, 1.165) is 122 Å². The average molecular weight is 1120 g/mol. The van der Waals surface area contributed by atoms with Crippen LogP contribution in [0.25, 0.3) is 0 Å². The van der Waals surface area contributed by atoms with Crippen LogP contribution in [0.1, 0.15) is 252 Å². The molecule has 3 unspecified atom stereocenters. The fourth-order valence-corrected chi connectivity index (χ4v) is 9.26. The Hall–Kier alpha value is -3.59. The predicted octanol–water partition coefficient (Wildman–Crippen LogP) is 19.3. The summed E-state index contributed by atoms with van der Waals surface area (Å²) in [6.45, 7) is 6.57. The summed E-state index contributed by atoms with van der Waals surface area (Å²) in [5.41, 5.74) is 0. The number of quaternary nitrogens is 1. The Labute approximate surface area is 486 Å². The van der Waals surface area contributed by atoms with Crippen molar-refractivity contribution in [2.24, 2.45) is 0 Å². The van der Waals surface area contributed by atoms with Crippen molar-refractivity contribution >= 4 is 19.7 Å². The lowest BCUT2D eigenvalue weighted by Gasteiger charge is -2.30. The summed E-state index contributed by atoms with van der Waals surface area (Å²) in [5, 5.41) is 3.01. The number of carbonyl (C=O) groups excluding carboxylic acids is 2. The molecule has 1 amide bonds. The first-order valence-electron chi connectivity index (χ1n) is 31.8. The number of carbonyl (C=O) groups is 2. The van der Waals surface area contributed by atoms with Gasteiger partial charge in [0.05, 0.1) is 33.8 Å². The molecule has 0 aromatic heterocycles. The standard InChI is InChI=1S/C69H119N2O7P/c1-7-10-13-16-19-22-25-28-30-32-33-34-35-36-37-38-39-40-42-44-47-50-53-56-59-62-69(73)78-67(60-57-54-51-48-45-27-24-21-18-15-12-9-3)66(65-77-79(74,75)76-64-63-71(4,5)6)70-68(72)61-58-55-52-49-46-43-41-31-29-26-23-20-17-14-11-8-2/h10-11,13-14,19-20,22-23,28-31,33-34,36-37,43,46,57,60,66-67H,7-9,12,15-18,21,24-27,32,35,38-42,44-45,47-56,58-59,61-65H2,1-6H3,(H-,70,72,74,75)/b13-10-,14-11+,22-19-,23-20+,30-28-,31-29+,34-33-,37-36-,46-43+,60-57-. The minimum Gasteiger partial charge on any atom is -0.756 e. The molecular formula is C69H119N2O7P. The van der Waals surface area contributed by atoms with Crippen LogP contribution < -0.4 is 10.2 Å². The minimum atomic E-state index is -4.72. The van der Waals surface area contributed by atoms with Gasteiger partial charge >= 0.3 is 5.97 Å². The summed E-state index contributed by atoms with van der Waals surface area (Å²) in [5.74, 6) is -0.591. The molecule has 0 saturated carbocycles. The fourth-order valence-electron chi connectivity index (χ4n) is 8.54. The number of amides is 1. The summed E-state index contributed by atoms with van der Waals surface area (Å²) >= 11 is 0. The smallest absolute Gasteiger partial charge is 0.306 e. The third-order valence-electron chi connectivity index (χ3n) is 13.4. The van der Waals surface area contributed by atoms with Crippen molar-refractivity contribution < 1.29 is 37.3 Å². The maximum Gasteiger partial charge on any atom is 0.306 e. The first-order valence-corrected chi connectivity index (χ1v) is 33.3. The summed E-state index contributed by atoms with van der Waals surface area (Å²) < 4.78 is 30.3. The molecule has 0 radical (unpaired) electrons. The lowest BCUT2D eigenvalue weighted by atomic mass is 10.0. The maximum absolute atomic E-state index is 13.5. The SMILES string of the molecule is CC/C=C\C/C=C\C/C=C\C/C=C\C/C=C\CCCCCCCCCCCC(=O)OC(/C=C\CCCCCCCCCCCC)C(COP(=O)([O-])OCC[N+](C)(C)C)NC(=O)CCCCC/C=C/C/C=C/C/C=C/C/C=C/CC. The number of nitrogens with one attached hydrogen (secondary N) is 1. The molecule has 79 heavy (non-hydrogen) atoms. The molecule has 9 nitrogen and oxygen atoms in total. The summed E-state index contributed by atoms with van der Waals surface area (Å²) in [4.78, 5) is 40.0. The van der Waals surface area contributed by atoms with E-state index < -0.39 is 26.6 Å². The zero-order valence-corrected chi connectivity index (χ0v) is 52.4. The van der Waals surface area contributed by atoms with Crippen LogP contribution in [0.4, 0.5) is 0 Å². The van der Waals surface area contributed by atoms with Gasteiger partial charge in [-0.2, -0.15) is 0 Å². The van der Waals surface area contributed by atoms with Crippen LogP contribution in [0.15, 0.2) is 122 Å². The maximum atomic E-state index is 13.5. The Morgan fingerprint density at radius 3 is 1.23 bits per heavy atom. The van der Waals surface area contributed by atoms with E-state index in [0.29, 0.717) is 23.9 Å². The van der Waals surface area contributed by atoms with Crippen molar-refractivity contribution in [3.63, 3.8) is 0 Å². The lowest BCUT2D eigenvalue weighted by Crippen LogP contribution is -2.47. The van der Waals surface area contributed by atoms with Crippen molar-refractivity contribution in [1.82, 2.24) is 5.32 Å². The zero-order valence-electron chi connectivity index (χ0n) is 51.5. The van der Waals surface area contributed by atoms with E-state index in [1.165, 1.54) is 83.5 Å². The topological polar surface area (TPSA) is 114 Å². The third-order valence-corrected chi connectivity index (χ3v) is 14.4. The molecular weight excluding hydrogens is 1000 g/mol. The van der Waals surface area contributed by atoms with Gasteiger partial charge in [-0.05, 0) is 115 Å². The first kappa shape index (κ1) is 75.4.